The van der Waals surface area contributed by atoms with Crippen LogP contribution in [-0.2, 0) is 6.42 Å². The van der Waals surface area contributed by atoms with Gasteiger partial charge in [-0.2, -0.15) is 0 Å². The molecular weight excluding hydrogens is 250 g/mol. The van der Waals surface area contributed by atoms with Gasteiger partial charge in [-0.1, -0.05) is 30.3 Å². The first-order valence-electron chi connectivity index (χ1n) is 6.98. The molecule has 0 unspecified atom stereocenters. The van der Waals surface area contributed by atoms with E-state index in [0.29, 0.717) is 18.9 Å². The molecule has 0 saturated carbocycles. The third-order valence-corrected chi connectivity index (χ3v) is 2.93. The number of nitrogen functional groups attached to an aromatic ring is 1. The van der Waals surface area contributed by atoms with Crippen molar-refractivity contribution in [1.82, 2.24) is 0 Å². The Morgan fingerprint density at radius 2 is 1.65 bits per heavy atom. The van der Waals surface area contributed by atoms with Crippen LogP contribution in [0.1, 0.15) is 18.9 Å². The van der Waals surface area contributed by atoms with Crippen LogP contribution in [0.2, 0.25) is 0 Å². The lowest BCUT2D eigenvalue weighted by molar-refractivity contribution is 0.304. The fourth-order valence-corrected chi connectivity index (χ4v) is 2.04. The maximum absolute atomic E-state index is 5.82. The molecule has 0 bridgehead atoms. The highest BCUT2D eigenvalue weighted by molar-refractivity contribution is 5.50. The highest BCUT2D eigenvalue weighted by Gasteiger charge is 2.01. The van der Waals surface area contributed by atoms with Crippen molar-refractivity contribution in [1.29, 1.82) is 0 Å². The van der Waals surface area contributed by atoms with Gasteiger partial charge >= 0.3 is 0 Å². The fraction of sp³-hybridized carbons (Fsp3) is 0.294. The highest BCUT2D eigenvalue weighted by Crippen LogP contribution is 2.24. The maximum atomic E-state index is 5.82. The summed E-state index contributed by atoms with van der Waals surface area (Å²) in [5.74, 6) is 1.52. The standard InChI is InChI=1S/C17H21NO2/c1-2-19-16-11-15(18)12-17(13-16)20-10-6-9-14-7-4-3-5-8-14/h3-5,7-8,11-13H,2,6,9-10,18H2,1H3. The summed E-state index contributed by atoms with van der Waals surface area (Å²) in [6.07, 6.45) is 1.99. The average molecular weight is 271 g/mol. The Morgan fingerprint density at radius 3 is 2.35 bits per heavy atom. The Morgan fingerprint density at radius 1 is 0.950 bits per heavy atom. The molecule has 0 amide bonds. The zero-order chi connectivity index (χ0) is 14.2. The summed E-state index contributed by atoms with van der Waals surface area (Å²) in [5, 5.41) is 0. The number of nitrogens with two attached hydrogens (primary N) is 1. The Bertz CT molecular complexity index is 526. The van der Waals surface area contributed by atoms with Crippen LogP contribution in [0.5, 0.6) is 11.5 Å². The molecule has 0 atom stereocenters. The minimum Gasteiger partial charge on any atom is -0.494 e. The van der Waals surface area contributed by atoms with Gasteiger partial charge in [0.25, 0.3) is 0 Å². The van der Waals surface area contributed by atoms with E-state index in [2.05, 4.69) is 24.3 Å². The normalized spacial score (nSPS) is 10.2. The quantitative estimate of drug-likeness (QED) is 0.617. The van der Waals surface area contributed by atoms with E-state index in [9.17, 15) is 0 Å². The van der Waals surface area contributed by atoms with E-state index in [1.54, 1.807) is 6.07 Å². The summed E-state index contributed by atoms with van der Waals surface area (Å²) in [7, 11) is 0. The first-order valence-corrected chi connectivity index (χ1v) is 6.98. The van der Waals surface area contributed by atoms with Crippen molar-refractivity contribution >= 4 is 5.69 Å². The van der Waals surface area contributed by atoms with E-state index in [0.717, 1.165) is 24.3 Å². The SMILES string of the molecule is CCOc1cc(N)cc(OCCCc2ccccc2)c1. The van der Waals surface area contributed by atoms with Crippen molar-refractivity contribution < 1.29 is 9.47 Å². The fourth-order valence-electron chi connectivity index (χ4n) is 2.04. The summed E-state index contributed by atoms with van der Waals surface area (Å²) < 4.78 is 11.2. The van der Waals surface area contributed by atoms with Crippen molar-refractivity contribution in [2.24, 2.45) is 0 Å². The molecule has 0 saturated heterocycles. The van der Waals surface area contributed by atoms with Gasteiger partial charge in [0.2, 0.25) is 0 Å². The van der Waals surface area contributed by atoms with Gasteiger partial charge in [0.15, 0.2) is 0 Å². The monoisotopic (exact) mass is 271 g/mol. The largest absolute Gasteiger partial charge is 0.494 e. The molecule has 3 heteroatoms. The summed E-state index contributed by atoms with van der Waals surface area (Å²) in [4.78, 5) is 0. The van der Waals surface area contributed by atoms with Crippen molar-refractivity contribution in [3.63, 3.8) is 0 Å². The second-order valence-electron chi connectivity index (χ2n) is 4.61. The minimum absolute atomic E-state index is 0.622. The molecule has 2 N–H and O–H groups in total. The van der Waals surface area contributed by atoms with Crippen LogP contribution in [0.15, 0.2) is 48.5 Å². The number of aryl methyl sites for hydroxylation is 1. The first-order chi connectivity index (χ1) is 9.78. The number of rotatable bonds is 7. The zero-order valence-corrected chi connectivity index (χ0v) is 11.8. The van der Waals surface area contributed by atoms with E-state index in [4.69, 9.17) is 15.2 Å². The number of ether oxygens (including phenoxy) is 2. The van der Waals surface area contributed by atoms with Gasteiger partial charge in [-0.25, -0.2) is 0 Å². The van der Waals surface area contributed by atoms with E-state index in [1.807, 2.05) is 25.1 Å². The van der Waals surface area contributed by atoms with Crippen LogP contribution in [0.3, 0.4) is 0 Å². The van der Waals surface area contributed by atoms with Gasteiger partial charge in [0.1, 0.15) is 11.5 Å². The molecule has 2 rings (SSSR count). The zero-order valence-electron chi connectivity index (χ0n) is 11.8. The molecule has 0 aromatic heterocycles. The highest BCUT2D eigenvalue weighted by atomic mass is 16.5. The minimum atomic E-state index is 0.622. The van der Waals surface area contributed by atoms with E-state index >= 15 is 0 Å². The third-order valence-electron chi connectivity index (χ3n) is 2.93. The number of hydrogen-bond acceptors (Lipinski definition) is 3. The maximum Gasteiger partial charge on any atom is 0.125 e. The van der Waals surface area contributed by atoms with Gasteiger partial charge in [-0.15, -0.1) is 0 Å². The molecule has 106 valence electrons. The molecule has 0 aliphatic heterocycles. The summed E-state index contributed by atoms with van der Waals surface area (Å²) in [6.45, 7) is 3.24. The molecule has 0 spiro atoms. The van der Waals surface area contributed by atoms with Crippen molar-refractivity contribution in [2.45, 2.75) is 19.8 Å². The van der Waals surface area contributed by atoms with Crippen molar-refractivity contribution in [3.05, 3.63) is 54.1 Å². The van der Waals surface area contributed by atoms with Gasteiger partial charge in [-0.05, 0) is 25.3 Å². The van der Waals surface area contributed by atoms with Crippen LogP contribution in [0.4, 0.5) is 5.69 Å². The predicted octanol–water partition coefficient (Wildman–Crippen LogP) is 3.68. The molecule has 2 aromatic rings. The van der Waals surface area contributed by atoms with Crippen molar-refractivity contribution in [2.75, 3.05) is 18.9 Å². The second-order valence-corrected chi connectivity index (χ2v) is 4.61. The predicted molar refractivity (Wildman–Crippen MR) is 82.3 cm³/mol. The van der Waals surface area contributed by atoms with Gasteiger partial charge < -0.3 is 15.2 Å². The first kappa shape index (κ1) is 14.3. The molecule has 0 radical (unpaired) electrons. The Hall–Kier alpha value is -2.16. The van der Waals surface area contributed by atoms with E-state index in [-0.39, 0.29) is 0 Å². The second kappa shape index (κ2) is 7.43. The lowest BCUT2D eigenvalue weighted by Crippen LogP contribution is -2.01. The molecule has 0 aliphatic rings. The van der Waals surface area contributed by atoms with E-state index in [1.165, 1.54) is 5.56 Å². The van der Waals surface area contributed by atoms with E-state index < -0.39 is 0 Å². The molecule has 2 aromatic carbocycles. The molecule has 20 heavy (non-hydrogen) atoms. The van der Waals surface area contributed by atoms with Gasteiger partial charge in [-0.3, -0.25) is 0 Å². The van der Waals surface area contributed by atoms with Crippen LogP contribution < -0.4 is 15.2 Å². The molecule has 3 nitrogen and oxygen atoms in total. The smallest absolute Gasteiger partial charge is 0.125 e. The topological polar surface area (TPSA) is 44.5 Å². The lowest BCUT2D eigenvalue weighted by Gasteiger charge is -2.10. The van der Waals surface area contributed by atoms with Gasteiger partial charge in [0, 0.05) is 23.9 Å². The Balaban J connectivity index is 1.81. The summed E-state index contributed by atoms with van der Waals surface area (Å²) in [6, 6.07) is 15.9. The molecular formula is C17H21NO2. The Kier molecular flexibility index (Phi) is 5.30. The average Bonchev–Trinajstić information content (AvgIpc) is 2.45. The van der Waals surface area contributed by atoms with Crippen molar-refractivity contribution in [3.8, 4) is 11.5 Å². The number of anilines is 1. The van der Waals surface area contributed by atoms with Gasteiger partial charge in [0.05, 0.1) is 13.2 Å². The van der Waals surface area contributed by atoms with Crippen LogP contribution in [0, 0.1) is 0 Å². The number of hydrogen-bond donors (Lipinski definition) is 1. The molecule has 0 aliphatic carbocycles. The summed E-state index contributed by atoms with van der Waals surface area (Å²) in [5.41, 5.74) is 7.82. The molecule has 0 fully saturated rings. The molecule has 0 heterocycles. The number of benzene rings is 2. The lowest BCUT2D eigenvalue weighted by atomic mass is 10.1. The van der Waals surface area contributed by atoms with Crippen LogP contribution in [-0.4, -0.2) is 13.2 Å². The Labute approximate surface area is 120 Å². The summed E-state index contributed by atoms with van der Waals surface area (Å²) >= 11 is 0. The van der Waals surface area contributed by atoms with Crippen LogP contribution in [0.25, 0.3) is 0 Å². The van der Waals surface area contributed by atoms with Crippen LogP contribution >= 0.6 is 0 Å². The third kappa shape index (κ3) is 4.50.